The Morgan fingerprint density at radius 1 is 1.77 bits per heavy atom. The number of carbonyl (C=O) groups is 1. The molecule has 70 valence electrons. The van der Waals surface area contributed by atoms with Gasteiger partial charge in [-0.3, -0.25) is 0 Å². The van der Waals surface area contributed by atoms with Crippen LogP contribution in [0.3, 0.4) is 0 Å². The summed E-state index contributed by atoms with van der Waals surface area (Å²) in [5.41, 5.74) is 1.05. The van der Waals surface area contributed by atoms with Gasteiger partial charge < -0.3 is 15.3 Å². The van der Waals surface area contributed by atoms with Crippen molar-refractivity contribution in [3.8, 4) is 0 Å². The first-order valence-electron chi connectivity index (χ1n) is 4.22. The number of amides is 1. The Bertz CT molecular complexity index is 285. The first kappa shape index (κ1) is 8.10. The van der Waals surface area contributed by atoms with Gasteiger partial charge in [-0.2, -0.15) is 0 Å². The molecular formula is C8H11N3O2. The Balaban J connectivity index is 2.09. The van der Waals surface area contributed by atoms with Gasteiger partial charge >= 0.3 is 6.09 Å². The standard InChI is InChI=1S/C8H11N3O2/c12-8(13)11-2-1-7-6(4-11)3-9-5-10-7/h3,5,7H,1-2,4H2,(H,9,10)(H,12,13). The highest BCUT2D eigenvalue weighted by molar-refractivity contribution is 5.66. The molecule has 2 aliphatic heterocycles. The summed E-state index contributed by atoms with van der Waals surface area (Å²) in [6.45, 7) is 1.07. The minimum atomic E-state index is -0.853. The fourth-order valence-electron chi connectivity index (χ4n) is 1.63. The van der Waals surface area contributed by atoms with E-state index in [0.29, 0.717) is 13.1 Å². The third kappa shape index (κ3) is 1.49. The van der Waals surface area contributed by atoms with Crippen molar-refractivity contribution < 1.29 is 9.90 Å². The van der Waals surface area contributed by atoms with Crippen LogP contribution in [-0.2, 0) is 0 Å². The molecule has 2 aliphatic rings. The van der Waals surface area contributed by atoms with E-state index in [1.807, 2.05) is 0 Å². The zero-order valence-corrected chi connectivity index (χ0v) is 7.10. The summed E-state index contributed by atoms with van der Waals surface area (Å²) in [5.74, 6) is 0. The molecule has 0 radical (unpaired) electrons. The van der Waals surface area contributed by atoms with Gasteiger partial charge in [-0.1, -0.05) is 0 Å². The largest absolute Gasteiger partial charge is 0.465 e. The lowest BCUT2D eigenvalue weighted by atomic mass is 9.99. The first-order chi connectivity index (χ1) is 6.27. The van der Waals surface area contributed by atoms with Crippen LogP contribution in [0, 0.1) is 0 Å². The van der Waals surface area contributed by atoms with Crippen LogP contribution in [0.2, 0.25) is 0 Å². The number of hydrogen-bond acceptors (Lipinski definition) is 3. The van der Waals surface area contributed by atoms with E-state index in [0.717, 1.165) is 12.0 Å². The van der Waals surface area contributed by atoms with E-state index in [4.69, 9.17) is 5.11 Å². The second-order valence-corrected chi connectivity index (χ2v) is 3.19. The fraction of sp³-hybridized carbons (Fsp3) is 0.500. The molecule has 1 amide bonds. The van der Waals surface area contributed by atoms with Crippen LogP contribution >= 0.6 is 0 Å². The molecule has 0 aliphatic carbocycles. The molecule has 2 rings (SSSR count). The van der Waals surface area contributed by atoms with Crippen molar-refractivity contribution in [3.05, 3.63) is 11.8 Å². The third-order valence-electron chi connectivity index (χ3n) is 2.37. The van der Waals surface area contributed by atoms with Crippen molar-refractivity contribution in [2.45, 2.75) is 12.5 Å². The van der Waals surface area contributed by atoms with E-state index in [-0.39, 0.29) is 6.04 Å². The van der Waals surface area contributed by atoms with Crippen molar-refractivity contribution >= 4 is 12.4 Å². The fourth-order valence-corrected chi connectivity index (χ4v) is 1.63. The van der Waals surface area contributed by atoms with Crippen LogP contribution in [0.5, 0.6) is 0 Å². The van der Waals surface area contributed by atoms with E-state index >= 15 is 0 Å². The predicted molar refractivity (Wildman–Crippen MR) is 47.7 cm³/mol. The van der Waals surface area contributed by atoms with Crippen LogP contribution in [-0.4, -0.2) is 41.6 Å². The Morgan fingerprint density at radius 3 is 3.38 bits per heavy atom. The van der Waals surface area contributed by atoms with Crippen LogP contribution < -0.4 is 5.32 Å². The quantitative estimate of drug-likeness (QED) is 0.563. The molecule has 1 unspecified atom stereocenters. The SMILES string of the molecule is O=C(O)N1CCC2NC=NC=C2C1. The Kier molecular flexibility index (Phi) is 1.92. The summed E-state index contributed by atoms with van der Waals surface area (Å²) in [4.78, 5) is 16.0. The summed E-state index contributed by atoms with van der Waals surface area (Å²) in [7, 11) is 0. The van der Waals surface area contributed by atoms with E-state index < -0.39 is 6.09 Å². The average Bonchev–Trinajstić information content (AvgIpc) is 2.17. The van der Waals surface area contributed by atoms with Gasteiger partial charge in [0.1, 0.15) is 0 Å². The monoisotopic (exact) mass is 181 g/mol. The van der Waals surface area contributed by atoms with Crippen LogP contribution in [0.15, 0.2) is 16.8 Å². The van der Waals surface area contributed by atoms with Gasteiger partial charge in [0.25, 0.3) is 0 Å². The van der Waals surface area contributed by atoms with Gasteiger partial charge in [-0.15, -0.1) is 0 Å². The van der Waals surface area contributed by atoms with Gasteiger partial charge in [0, 0.05) is 19.3 Å². The molecule has 0 aromatic heterocycles. The van der Waals surface area contributed by atoms with Crippen LogP contribution in [0.25, 0.3) is 0 Å². The lowest BCUT2D eigenvalue weighted by molar-refractivity contribution is 0.141. The van der Waals surface area contributed by atoms with E-state index in [9.17, 15) is 4.79 Å². The zero-order chi connectivity index (χ0) is 9.26. The number of nitrogens with zero attached hydrogens (tertiary/aromatic N) is 2. The van der Waals surface area contributed by atoms with Gasteiger partial charge in [0.05, 0.1) is 12.4 Å². The molecule has 1 atom stereocenters. The number of piperidine rings is 1. The lowest BCUT2D eigenvalue weighted by Crippen LogP contribution is -2.46. The Morgan fingerprint density at radius 2 is 2.62 bits per heavy atom. The highest BCUT2D eigenvalue weighted by Crippen LogP contribution is 2.17. The number of aliphatic imine (C=N–C) groups is 1. The van der Waals surface area contributed by atoms with Crippen molar-refractivity contribution in [2.24, 2.45) is 4.99 Å². The highest BCUT2D eigenvalue weighted by Gasteiger charge is 2.26. The van der Waals surface area contributed by atoms with Crippen molar-refractivity contribution in [1.82, 2.24) is 10.2 Å². The Hall–Kier alpha value is -1.52. The molecule has 1 fully saturated rings. The van der Waals surface area contributed by atoms with Crippen LogP contribution in [0.4, 0.5) is 4.79 Å². The second-order valence-electron chi connectivity index (χ2n) is 3.19. The van der Waals surface area contributed by atoms with E-state index in [1.54, 1.807) is 12.5 Å². The summed E-state index contributed by atoms with van der Waals surface area (Å²) >= 11 is 0. The summed E-state index contributed by atoms with van der Waals surface area (Å²) in [6.07, 6.45) is 3.37. The molecule has 2 N–H and O–H groups in total. The smallest absolute Gasteiger partial charge is 0.407 e. The summed E-state index contributed by atoms with van der Waals surface area (Å²) in [6, 6.07) is 0.285. The van der Waals surface area contributed by atoms with Gasteiger partial charge in [-0.25, -0.2) is 9.79 Å². The van der Waals surface area contributed by atoms with Crippen molar-refractivity contribution in [1.29, 1.82) is 0 Å². The molecule has 1 saturated heterocycles. The minimum absolute atomic E-state index is 0.285. The highest BCUT2D eigenvalue weighted by atomic mass is 16.4. The number of nitrogens with one attached hydrogen (secondary N) is 1. The zero-order valence-electron chi connectivity index (χ0n) is 7.10. The molecule has 0 spiro atoms. The molecule has 5 heteroatoms. The van der Waals surface area contributed by atoms with Crippen LogP contribution in [0.1, 0.15) is 6.42 Å². The molecule has 0 bridgehead atoms. The summed E-state index contributed by atoms with van der Waals surface area (Å²) < 4.78 is 0. The number of rotatable bonds is 0. The lowest BCUT2D eigenvalue weighted by Gasteiger charge is -2.33. The minimum Gasteiger partial charge on any atom is -0.465 e. The molecule has 0 saturated carbocycles. The maximum absolute atomic E-state index is 10.7. The van der Waals surface area contributed by atoms with Gasteiger partial charge in [0.2, 0.25) is 0 Å². The van der Waals surface area contributed by atoms with Crippen molar-refractivity contribution in [3.63, 3.8) is 0 Å². The predicted octanol–water partition coefficient (Wildman–Crippen LogP) is 0.254. The van der Waals surface area contributed by atoms with E-state index in [2.05, 4.69) is 10.3 Å². The average molecular weight is 181 g/mol. The summed E-state index contributed by atoms with van der Waals surface area (Å²) in [5, 5.41) is 11.9. The second kappa shape index (κ2) is 3.08. The topological polar surface area (TPSA) is 64.9 Å². The molecule has 13 heavy (non-hydrogen) atoms. The number of hydrogen-bond donors (Lipinski definition) is 2. The first-order valence-corrected chi connectivity index (χ1v) is 4.22. The normalized spacial score (nSPS) is 26.0. The van der Waals surface area contributed by atoms with Gasteiger partial charge in [-0.05, 0) is 12.0 Å². The Labute approximate surface area is 75.8 Å². The van der Waals surface area contributed by atoms with E-state index in [1.165, 1.54) is 4.90 Å². The molecular weight excluding hydrogens is 170 g/mol. The number of carboxylic acid groups (broad SMARTS) is 1. The maximum Gasteiger partial charge on any atom is 0.407 e. The molecule has 0 aromatic carbocycles. The molecule has 0 aromatic rings. The maximum atomic E-state index is 10.7. The third-order valence-corrected chi connectivity index (χ3v) is 2.37. The van der Waals surface area contributed by atoms with Crippen molar-refractivity contribution in [2.75, 3.05) is 13.1 Å². The van der Waals surface area contributed by atoms with Gasteiger partial charge in [0.15, 0.2) is 0 Å². The molecule has 5 nitrogen and oxygen atoms in total. The molecule has 2 heterocycles. The number of fused-ring (bicyclic) bond motifs is 1. The number of likely N-dealkylation sites (tertiary alicyclic amines) is 1.